The van der Waals surface area contributed by atoms with Crippen LogP contribution in [0.4, 0.5) is 0 Å². The molecular weight excluding hydrogens is 514 g/mol. The van der Waals surface area contributed by atoms with Gasteiger partial charge in [-0.2, -0.15) is 0 Å². The molecule has 1 aliphatic heterocycles. The number of piperidine rings is 1. The number of hydrogen-bond acceptors (Lipinski definition) is 6. The summed E-state index contributed by atoms with van der Waals surface area (Å²) in [6, 6.07) is 11.2. The van der Waals surface area contributed by atoms with Crippen LogP contribution in [0.2, 0.25) is 5.02 Å². The van der Waals surface area contributed by atoms with Crippen molar-refractivity contribution in [2.75, 3.05) is 6.54 Å². The predicted octanol–water partition coefficient (Wildman–Crippen LogP) is 4.18. The molecule has 2 atom stereocenters. The first-order valence-corrected chi connectivity index (χ1v) is 12.6. The van der Waals surface area contributed by atoms with Gasteiger partial charge >= 0.3 is 0 Å². The molecule has 2 N–H and O–H groups in total. The van der Waals surface area contributed by atoms with Crippen molar-refractivity contribution in [2.45, 2.75) is 48.6 Å². The number of rotatable bonds is 7. The Morgan fingerprint density at radius 3 is 2.84 bits per heavy atom. The number of Topliss-reactive ketones (excluding diaryl/α,β-unsaturated/α-hetero) is 1. The highest BCUT2D eigenvalue weighted by molar-refractivity contribution is 9.10. The maximum absolute atomic E-state index is 13.0. The number of aromatic nitrogens is 2. The molecule has 1 fully saturated rings. The molecule has 0 amide bonds. The molecule has 168 valence electrons. The van der Waals surface area contributed by atoms with E-state index in [0.29, 0.717) is 28.1 Å². The van der Waals surface area contributed by atoms with Gasteiger partial charge in [-0.25, -0.2) is 4.98 Å². The number of hydrogen-bond donors (Lipinski definition) is 2. The maximum Gasteiger partial charge on any atom is 0.261 e. The molecule has 6 nitrogen and oxygen atoms in total. The van der Waals surface area contributed by atoms with Gasteiger partial charge in [0.25, 0.3) is 5.56 Å². The van der Waals surface area contributed by atoms with Crippen molar-refractivity contribution >= 4 is 56.0 Å². The highest BCUT2D eigenvalue weighted by Crippen LogP contribution is 2.32. The third-order valence-electron chi connectivity index (χ3n) is 5.53. The van der Waals surface area contributed by atoms with Crippen LogP contribution in [0, 0.1) is 0 Å². The number of benzene rings is 2. The Morgan fingerprint density at radius 1 is 1.31 bits per heavy atom. The van der Waals surface area contributed by atoms with Crippen LogP contribution in [-0.4, -0.2) is 39.1 Å². The lowest BCUT2D eigenvalue weighted by Crippen LogP contribution is -2.46. The number of halogens is 2. The minimum Gasteiger partial charge on any atom is -0.391 e. The third kappa shape index (κ3) is 5.61. The molecule has 0 spiro atoms. The van der Waals surface area contributed by atoms with E-state index >= 15 is 0 Å². The zero-order valence-electron chi connectivity index (χ0n) is 17.3. The first kappa shape index (κ1) is 23.4. The van der Waals surface area contributed by atoms with Crippen molar-refractivity contribution in [3.63, 3.8) is 0 Å². The molecule has 1 aliphatic rings. The van der Waals surface area contributed by atoms with Gasteiger partial charge in [-0.3, -0.25) is 14.2 Å². The van der Waals surface area contributed by atoms with Gasteiger partial charge in [0.15, 0.2) is 5.78 Å². The third-order valence-corrected chi connectivity index (χ3v) is 7.61. The minimum atomic E-state index is -0.536. The molecule has 0 saturated carbocycles. The van der Waals surface area contributed by atoms with Gasteiger partial charge in [0.1, 0.15) is 0 Å². The molecule has 2 heterocycles. The van der Waals surface area contributed by atoms with Gasteiger partial charge in [-0.15, -0.1) is 11.8 Å². The summed E-state index contributed by atoms with van der Waals surface area (Å²) in [5.41, 5.74) is 1.37. The Hall–Kier alpha value is -1.71. The molecule has 2 aromatic carbocycles. The normalized spacial score (nSPS) is 18.7. The average molecular weight is 537 g/mol. The van der Waals surface area contributed by atoms with Crippen molar-refractivity contribution in [2.24, 2.45) is 0 Å². The molecule has 0 unspecified atom stereocenters. The first-order valence-electron chi connectivity index (χ1n) is 10.4. The van der Waals surface area contributed by atoms with Crippen LogP contribution >= 0.6 is 39.3 Å². The van der Waals surface area contributed by atoms with Crippen molar-refractivity contribution in [1.82, 2.24) is 14.9 Å². The molecule has 0 bridgehead atoms. The Labute approximate surface area is 203 Å². The van der Waals surface area contributed by atoms with E-state index in [-0.39, 0.29) is 30.3 Å². The van der Waals surface area contributed by atoms with Gasteiger partial charge in [0, 0.05) is 27.6 Å². The average Bonchev–Trinajstić information content (AvgIpc) is 2.77. The molecule has 1 saturated heterocycles. The summed E-state index contributed by atoms with van der Waals surface area (Å²) in [6.07, 6.45) is 2.61. The van der Waals surface area contributed by atoms with Crippen molar-refractivity contribution < 1.29 is 9.90 Å². The van der Waals surface area contributed by atoms with Crippen LogP contribution < -0.4 is 10.9 Å². The van der Waals surface area contributed by atoms with Gasteiger partial charge in [-0.1, -0.05) is 39.7 Å². The van der Waals surface area contributed by atoms with E-state index < -0.39 is 6.10 Å². The number of fused-ring (bicyclic) bond motifs is 1. The second kappa shape index (κ2) is 10.5. The lowest BCUT2D eigenvalue weighted by atomic mass is 9.97. The monoisotopic (exact) mass is 535 g/mol. The SMILES string of the molecule is O=C(C[C@H]1NCCC[C@@H]1O)Cn1cnc2cc(Cl)c(SCc3ccc(Br)cc3)cc2c1=O. The lowest BCUT2D eigenvalue weighted by Gasteiger charge is -2.28. The van der Waals surface area contributed by atoms with E-state index in [1.807, 2.05) is 24.3 Å². The smallest absolute Gasteiger partial charge is 0.261 e. The Morgan fingerprint density at radius 2 is 2.09 bits per heavy atom. The quantitative estimate of drug-likeness (QED) is 0.441. The van der Waals surface area contributed by atoms with Crippen LogP contribution in [0.3, 0.4) is 0 Å². The van der Waals surface area contributed by atoms with Gasteiger partial charge < -0.3 is 10.4 Å². The Bertz CT molecular complexity index is 1190. The van der Waals surface area contributed by atoms with E-state index in [4.69, 9.17) is 11.6 Å². The second-order valence-corrected chi connectivity index (χ2v) is 10.2. The fraction of sp³-hybridized carbons (Fsp3) is 0.348. The van der Waals surface area contributed by atoms with E-state index in [9.17, 15) is 14.7 Å². The topological polar surface area (TPSA) is 84.2 Å². The summed E-state index contributed by atoms with van der Waals surface area (Å²) >= 11 is 11.4. The fourth-order valence-corrected chi connectivity index (χ4v) is 5.27. The highest BCUT2D eigenvalue weighted by Gasteiger charge is 2.25. The number of aliphatic hydroxyl groups is 1. The van der Waals surface area contributed by atoms with E-state index in [1.54, 1.807) is 23.9 Å². The predicted molar refractivity (Wildman–Crippen MR) is 131 cm³/mol. The molecule has 0 aliphatic carbocycles. The molecule has 9 heteroatoms. The summed E-state index contributed by atoms with van der Waals surface area (Å²) in [7, 11) is 0. The number of ketones is 1. The van der Waals surface area contributed by atoms with Crippen molar-refractivity contribution in [3.8, 4) is 0 Å². The zero-order chi connectivity index (χ0) is 22.7. The fourth-order valence-electron chi connectivity index (χ4n) is 3.77. The molecule has 32 heavy (non-hydrogen) atoms. The number of thioether (sulfide) groups is 1. The molecular formula is C23H23BrClN3O3S. The van der Waals surface area contributed by atoms with Crippen molar-refractivity contribution in [3.05, 3.63) is 68.1 Å². The largest absolute Gasteiger partial charge is 0.391 e. The lowest BCUT2D eigenvalue weighted by molar-refractivity contribution is -0.121. The van der Waals surface area contributed by atoms with Gasteiger partial charge in [0.05, 0.1) is 34.9 Å². The first-order chi connectivity index (χ1) is 15.4. The zero-order valence-corrected chi connectivity index (χ0v) is 20.4. The summed E-state index contributed by atoms with van der Waals surface area (Å²) in [6.45, 7) is 0.713. The molecule has 0 radical (unpaired) electrons. The molecule has 1 aromatic heterocycles. The number of aliphatic hydroxyl groups excluding tert-OH is 1. The van der Waals surface area contributed by atoms with Gasteiger partial charge in [0.2, 0.25) is 0 Å². The van der Waals surface area contributed by atoms with Crippen LogP contribution in [0.5, 0.6) is 0 Å². The maximum atomic E-state index is 13.0. The van der Waals surface area contributed by atoms with E-state index in [2.05, 4.69) is 26.2 Å². The Balaban J connectivity index is 1.51. The second-order valence-electron chi connectivity index (χ2n) is 7.91. The minimum absolute atomic E-state index is 0.0727. The summed E-state index contributed by atoms with van der Waals surface area (Å²) in [5, 5.41) is 14.2. The van der Waals surface area contributed by atoms with Crippen LogP contribution in [0.25, 0.3) is 10.9 Å². The number of nitrogens with zero attached hydrogens (tertiary/aromatic N) is 2. The van der Waals surface area contributed by atoms with Crippen LogP contribution in [0.15, 0.2) is 56.9 Å². The highest BCUT2D eigenvalue weighted by atomic mass is 79.9. The summed E-state index contributed by atoms with van der Waals surface area (Å²) in [4.78, 5) is 30.7. The van der Waals surface area contributed by atoms with Crippen molar-refractivity contribution in [1.29, 1.82) is 0 Å². The number of nitrogens with one attached hydrogen (secondary N) is 1. The Kier molecular flexibility index (Phi) is 7.68. The molecule has 4 rings (SSSR count). The van der Waals surface area contributed by atoms with E-state index in [0.717, 1.165) is 27.9 Å². The van der Waals surface area contributed by atoms with E-state index in [1.165, 1.54) is 10.9 Å². The number of carbonyl (C=O) groups is 1. The molecule has 3 aromatic rings. The van der Waals surface area contributed by atoms with Crippen LogP contribution in [-0.2, 0) is 17.1 Å². The summed E-state index contributed by atoms with van der Waals surface area (Å²) < 4.78 is 2.35. The van der Waals surface area contributed by atoms with Gasteiger partial charge in [-0.05, 0) is 49.2 Å². The summed E-state index contributed by atoms with van der Waals surface area (Å²) in [5.74, 6) is 0.591. The number of carbonyl (C=O) groups excluding carboxylic acids is 1. The standard InChI is InChI=1S/C23H23BrClN3O3S/c24-15-5-3-14(4-6-15)12-32-22-9-17-19(10-18(22)25)27-13-28(23(17)31)11-16(29)8-20-21(30)2-1-7-26-20/h3-6,9-10,13,20-21,26,30H,1-2,7-8,11-12H2/t20-,21+/m1/s1. The van der Waals surface area contributed by atoms with Crippen LogP contribution in [0.1, 0.15) is 24.8 Å².